The second-order valence-corrected chi connectivity index (χ2v) is 7.72. The maximum Gasteiger partial charge on any atom is 0.255 e. The molecule has 1 N–H and O–H groups in total. The van der Waals surface area contributed by atoms with Crippen LogP contribution in [0, 0.1) is 12.8 Å². The number of pyridine rings is 1. The summed E-state index contributed by atoms with van der Waals surface area (Å²) in [7, 11) is 0. The molecule has 3 rings (SSSR count). The Bertz CT molecular complexity index is 818. The highest BCUT2D eigenvalue weighted by Gasteiger charge is 2.28. The summed E-state index contributed by atoms with van der Waals surface area (Å²) in [6, 6.07) is 8.93. The van der Waals surface area contributed by atoms with Crippen molar-refractivity contribution in [1.29, 1.82) is 0 Å². The Morgan fingerprint density at radius 1 is 1.23 bits per heavy atom. The van der Waals surface area contributed by atoms with Gasteiger partial charge in [-0.1, -0.05) is 33.6 Å². The highest BCUT2D eigenvalue weighted by atomic mass is 79.9. The predicted molar refractivity (Wildman–Crippen MR) is 105 cm³/mol. The molecule has 1 aromatic carbocycles. The molecule has 1 aromatic heterocycles. The number of nitrogens with one attached hydrogen (secondary N) is 1. The lowest BCUT2D eigenvalue weighted by atomic mass is 9.95. The minimum Gasteiger partial charge on any atom is -0.339 e. The van der Waals surface area contributed by atoms with Crippen LogP contribution in [-0.2, 0) is 4.79 Å². The van der Waals surface area contributed by atoms with Crippen LogP contribution in [0.1, 0.15) is 28.8 Å². The van der Waals surface area contributed by atoms with Crippen LogP contribution in [-0.4, -0.2) is 34.8 Å². The molecular formula is C19H19BrClN3O2. The fourth-order valence-corrected chi connectivity index (χ4v) is 3.51. The number of halogens is 2. The fraction of sp³-hybridized carbons (Fsp3) is 0.316. The molecule has 1 aliphatic heterocycles. The van der Waals surface area contributed by atoms with Crippen LogP contribution in [0.15, 0.2) is 41.0 Å². The third kappa shape index (κ3) is 4.43. The summed E-state index contributed by atoms with van der Waals surface area (Å²) in [5.41, 5.74) is 1.52. The summed E-state index contributed by atoms with van der Waals surface area (Å²) in [6.07, 6.45) is 2.96. The van der Waals surface area contributed by atoms with Gasteiger partial charge in [-0.05, 0) is 49.6 Å². The van der Waals surface area contributed by atoms with Crippen LogP contribution in [0.25, 0.3) is 0 Å². The lowest BCUT2D eigenvalue weighted by Crippen LogP contribution is -2.41. The molecule has 1 fully saturated rings. The van der Waals surface area contributed by atoms with E-state index in [9.17, 15) is 9.59 Å². The van der Waals surface area contributed by atoms with Gasteiger partial charge in [-0.2, -0.15) is 0 Å². The summed E-state index contributed by atoms with van der Waals surface area (Å²) < 4.78 is 0.810. The van der Waals surface area contributed by atoms with Crippen LogP contribution in [0.2, 0.25) is 5.02 Å². The van der Waals surface area contributed by atoms with Crippen LogP contribution in [0.3, 0.4) is 0 Å². The quantitative estimate of drug-likeness (QED) is 0.780. The van der Waals surface area contributed by atoms with Crippen molar-refractivity contribution in [1.82, 2.24) is 9.88 Å². The SMILES string of the molecule is Cc1ccc(NC(=O)C2CCN(C(=O)c3cc(Br)ccc3Cl)CC2)nc1. The van der Waals surface area contributed by atoms with Crippen molar-refractivity contribution in [3.05, 3.63) is 57.2 Å². The van der Waals surface area contributed by atoms with Gasteiger partial charge in [-0.15, -0.1) is 0 Å². The Balaban J connectivity index is 1.58. The fourth-order valence-electron chi connectivity index (χ4n) is 2.95. The Labute approximate surface area is 165 Å². The van der Waals surface area contributed by atoms with Crippen molar-refractivity contribution in [3.63, 3.8) is 0 Å². The summed E-state index contributed by atoms with van der Waals surface area (Å²) >= 11 is 9.52. The smallest absolute Gasteiger partial charge is 0.255 e. The first-order valence-electron chi connectivity index (χ1n) is 8.42. The highest BCUT2D eigenvalue weighted by Crippen LogP contribution is 2.25. The van der Waals surface area contributed by atoms with E-state index in [2.05, 4.69) is 26.2 Å². The van der Waals surface area contributed by atoms with E-state index in [1.54, 1.807) is 35.4 Å². The summed E-state index contributed by atoms with van der Waals surface area (Å²) in [5.74, 6) is 0.282. The molecule has 2 amide bonds. The zero-order chi connectivity index (χ0) is 18.7. The molecule has 7 heteroatoms. The van der Waals surface area contributed by atoms with Gasteiger partial charge in [0.25, 0.3) is 5.91 Å². The molecule has 0 unspecified atom stereocenters. The van der Waals surface area contributed by atoms with E-state index >= 15 is 0 Å². The Morgan fingerprint density at radius 2 is 1.96 bits per heavy atom. The van der Waals surface area contributed by atoms with E-state index in [0.717, 1.165) is 10.0 Å². The second kappa shape index (κ2) is 8.18. The van der Waals surface area contributed by atoms with Crippen molar-refractivity contribution >= 4 is 45.2 Å². The number of benzene rings is 1. The minimum atomic E-state index is -0.125. The van der Waals surface area contributed by atoms with E-state index in [1.165, 1.54) is 0 Å². The normalized spacial score (nSPS) is 15.0. The van der Waals surface area contributed by atoms with E-state index < -0.39 is 0 Å². The second-order valence-electron chi connectivity index (χ2n) is 6.40. The lowest BCUT2D eigenvalue weighted by molar-refractivity contribution is -0.121. The number of aromatic nitrogens is 1. The molecule has 0 atom stereocenters. The number of aryl methyl sites for hydroxylation is 1. The maximum atomic E-state index is 12.7. The van der Waals surface area contributed by atoms with Crippen molar-refractivity contribution in [2.75, 3.05) is 18.4 Å². The largest absolute Gasteiger partial charge is 0.339 e. The summed E-state index contributed by atoms with van der Waals surface area (Å²) in [5, 5.41) is 3.28. The first-order valence-corrected chi connectivity index (χ1v) is 9.59. The molecule has 136 valence electrons. The third-order valence-electron chi connectivity index (χ3n) is 4.47. The zero-order valence-electron chi connectivity index (χ0n) is 14.3. The van der Waals surface area contributed by atoms with Gasteiger partial charge in [-0.3, -0.25) is 9.59 Å². The molecule has 0 aliphatic carbocycles. The molecule has 5 nitrogen and oxygen atoms in total. The molecule has 2 heterocycles. The Kier molecular flexibility index (Phi) is 5.94. The number of hydrogen-bond acceptors (Lipinski definition) is 3. The average Bonchev–Trinajstić information content (AvgIpc) is 2.65. The topological polar surface area (TPSA) is 62.3 Å². The van der Waals surface area contributed by atoms with Crippen LogP contribution in [0.5, 0.6) is 0 Å². The molecule has 26 heavy (non-hydrogen) atoms. The Morgan fingerprint density at radius 3 is 2.62 bits per heavy atom. The molecule has 0 spiro atoms. The predicted octanol–water partition coefficient (Wildman–Crippen LogP) is 4.30. The van der Waals surface area contributed by atoms with Gasteiger partial charge >= 0.3 is 0 Å². The average molecular weight is 437 g/mol. The summed E-state index contributed by atoms with van der Waals surface area (Å²) in [6.45, 7) is 3.01. The molecule has 1 aliphatic rings. The first-order chi connectivity index (χ1) is 12.4. The van der Waals surface area contributed by atoms with Gasteiger partial charge in [0.15, 0.2) is 0 Å². The standard InChI is InChI=1S/C19H19BrClN3O2/c1-12-2-5-17(22-11-12)23-18(25)13-6-8-24(9-7-13)19(26)15-10-14(20)3-4-16(15)21/h2-5,10-11,13H,6-9H2,1H3,(H,22,23,25). The van der Waals surface area contributed by atoms with Gasteiger partial charge in [-0.25, -0.2) is 4.98 Å². The highest BCUT2D eigenvalue weighted by molar-refractivity contribution is 9.10. The van der Waals surface area contributed by atoms with Gasteiger partial charge in [0, 0.05) is 29.7 Å². The number of hydrogen-bond donors (Lipinski definition) is 1. The van der Waals surface area contributed by atoms with Gasteiger partial charge in [0.05, 0.1) is 10.6 Å². The zero-order valence-corrected chi connectivity index (χ0v) is 16.7. The first kappa shape index (κ1) is 18.9. The number of rotatable bonds is 3. The van der Waals surface area contributed by atoms with Gasteiger partial charge < -0.3 is 10.2 Å². The van der Waals surface area contributed by atoms with Crippen molar-refractivity contribution in [2.24, 2.45) is 5.92 Å². The molecule has 2 aromatic rings. The number of amides is 2. The maximum absolute atomic E-state index is 12.7. The number of carbonyl (C=O) groups is 2. The number of piperidine rings is 1. The van der Waals surface area contributed by atoms with Crippen molar-refractivity contribution < 1.29 is 9.59 Å². The van der Waals surface area contributed by atoms with Crippen molar-refractivity contribution in [3.8, 4) is 0 Å². The van der Waals surface area contributed by atoms with E-state index in [0.29, 0.717) is 42.3 Å². The van der Waals surface area contributed by atoms with Gasteiger partial charge in [0.2, 0.25) is 5.91 Å². The lowest BCUT2D eigenvalue weighted by Gasteiger charge is -2.31. The van der Waals surface area contributed by atoms with E-state index in [4.69, 9.17) is 11.6 Å². The molecule has 0 bridgehead atoms. The molecule has 0 saturated carbocycles. The number of carbonyl (C=O) groups excluding carboxylic acids is 2. The molecule has 1 saturated heterocycles. The number of likely N-dealkylation sites (tertiary alicyclic amines) is 1. The minimum absolute atomic E-state index is 0.0473. The Hall–Kier alpha value is -1.92. The van der Waals surface area contributed by atoms with Crippen LogP contribution < -0.4 is 5.32 Å². The van der Waals surface area contributed by atoms with Crippen LogP contribution >= 0.6 is 27.5 Å². The van der Waals surface area contributed by atoms with Gasteiger partial charge in [0.1, 0.15) is 5.82 Å². The van der Waals surface area contributed by atoms with E-state index in [-0.39, 0.29) is 17.7 Å². The number of nitrogens with zero attached hydrogens (tertiary/aromatic N) is 2. The van der Waals surface area contributed by atoms with Crippen LogP contribution in [0.4, 0.5) is 5.82 Å². The van der Waals surface area contributed by atoms with Crippen molar-refractivity contribution in [2.45, 2.75) is 19.8 Å². The summed E-state index contributed by atoms with van der Waals surface area (Å²) in [4.78, 5) is 31.0. The number of anilines is 1. The third-order valence-corrected chi connectivity index (χ3v) is 5.30. The molecule has 0 radical (unpaired) electrons. The molecular weight excluding hydrogens is 418 g/mol. The van der Waals surface area contributed by atoms with E-state index in [1.807, 2.05) is 13.0 Å². The monoisotopic (exact) mass is 435 g/mol.